The highest BCUT2D eigenvalue weighted by Crippen LogP contribution is 2.52. The molecule has 2 bridgehead atoms. The molecule has 2 saturated heterocycles. The number of ether oxygens (including phenoxy) is 1. The van der Waals surface area contributed by atoms with E-state index in [2.05, 4.69) is 0 Å². The van der Waals surface area contributed by atoms with Crippen LogP contribution >= 0.6 is 0 Å². The van der Waals surface area contributed by atoms with Crippen LogP contribution in [0.15, 0.2) is 36.4 Å². The van der Waals surface area contributed by atoms with Crippen LogP contribution in [0.5, 0.6) is 0 Å². The normalized spacial score (nSPS) is 37.9. The fourth-order valence-electron chi connectivity index (χ4n) is 3.67. The van der Waals surface area contributed by atoms with E-state index in [1.165, 1.54) is 4.90 Å². The molecule has 4 nitrogen and oxygen atoms in total. The fourth-order valence-corrected chi connectivity index (χ4v) is 3.67. The number of hydrogen-bond acceptors (Lipinski definition) is 3. The molecule has 2 fully saturated rings. The summed E-state index contributed by atoms with van der Waals surface area (Å²) in [6.45, 7) is 3.84. The number of nitrogens with zero attached hydrogens (tertiary/aromatic N) is 1. The van der Waals surface area contributed by atoms with E-state index < -0.39 is 5.60 Å². The van der Waals surface area contributed by atoms with Crippen molar-refractivity contribution in [1.82, 2.24) is 0 Å². The smallest absolute Gasteiger partial charge is 0.241 e. The molecule has 4 rings (SSSR count). The Morgan fingerprint density at radius 2 is 2.05 bits per heavy atom. The minimum atomic E-state index is -0.624. The van der Waals surface area contributed by atoms with Gasteiger partial charge in [-0.25, -0.2) is 4.90 Å². The summed E-state index contributed by atoms with van der Waals surface area (Å²) in [6.07, 6.45) is 3.58. The number of imide groups is 1. The lowest BCUT2D eigenvalue weighted by Gasteiger charge is -2.24. The molecule has 3 aliphatic rings. The molecule has 0 N–H and O–H groups in total. The van der Waals surface area contributed by atoms with Crippen molar-refractivity contribution in [1.29, 1.82) is 0 Å². The first-order valence-electron chi connectivity index (χ1n) is 6.83. The summed E-state index contributed by atoms with van der Waals surface area (Å²) in [5.74, 6) is -1.02. The topological polar surface area (TPSA) is 46.6 Å². The number of hydrogen-bond donors (Lipinski definition) is 0. The van der Waals surface area contributed by atoms with Gasteiger partial charge < -0.3 is 4.74 Å². The van der Waals surface area contributed by atoms with Crippen LogP contribution in [0.1, 0.15) is 12.5 Å². The summed E-state index contributed by atoms with van der Waals surface area (Å²) >= 11 is 0. The molecular formula is C16H15NO3. The van der Waals surface area contributed by atoms with Gasteiger partial charge in [0.1, 0.15) is 0 Å². The van der Waals surface area contributed by atoms with E-state index in [4.69, 9.17) is 4.74 Å². The predicted octanol–water partition coefficient (Wildman–Crippen LogP) is 1.83. The molecule has 102 valence electrons. The van der Waals surface area contributed by atoms with Gasteiger partial charge in [0.25, 0.3) is 0 Å². The Morgan fingerprint density at radius 1 is 1.25 bits per heavy atom. The first-order valence-corrected chi connectivity index (χ1v) is 6.83. The zero-order valence-electron chi connectivity index (χ0n) is 11.4. The molecule has 4 heteroatoms. The maximum atomic E-state index is 12.7. The van der Waals surface area contributed by atoms with Gasteiger partial charge >= 0.3 is 0 Å². The Hall–Kier alpha value is -1.94. The Bertz CT molecular complexity index is 665. The van der Waals surface area contributed by atoms with Crippen molar-refractivity contribution >= 4 is 17.5 Å². The lowest BCUT2D eigenvalue weighted by Crippen LogP contribution is -2.38. The molecular weight excluding hydrogens is 254 g/mol. The second-order valence-electron chi connectivity index (χ2n) is 5.98. The Labute approximate surface area is 117 Å². The minimum absolute atomic E-state index is 0.135. The average Bonchev–Trinajstić information content (AvgIpc) is 2.99. The summed E-state index contributed by atoms with van der Waals surface area (Å²) in [6, 6.07) is 7.49. The number of anilines is 1. The van der Waals surface area contributed by atoms with Crippen LogP contribution < -0.4 is 4.90 Å². The van der Waals surface area contributed by atoms with Crippen LogP contribution in [0, 0.1) is 18.8 Å². The van der Waals surface area contributed by atoms with Crippen molar-refractivity contribution in [3.8, 4) is 0 Å². The highest BCUT2D eigenvalue weighted by molar-refractivity contribution is 6.23. The highest BCUT2D eigenvalue weighted by Gasteiger charge is 2.65. The van der Waals surface area contributed by atoms with Crippen molar-refractivity contribution in [2.75, 3.05) is 4.90 Å². The summed E-state index contributed by atoms with van der Waals surface area (Å²) in [5.41, 5.74) is 1.07. The van der Waals surface area contributed by atoms with Crippen LogP contribution in [0.3, 0.4) is 0 Å². The molecule has 20 heavy (non-hydrogen) atoms. The number of rotatable bonds is 1. The van der Waals surface area contributed by atoms with Crippen LogP contribution in [0.25, 0.3) is 0 Å². The minimum Gasteiger partial charge on any atom is -0.362 e. The Balaban J connectivity index is 1.79. The van der Waals surface area contributed by atoms with Crippen LogP contribution in [0.2, 0.25) is 0 Å². The number of benzene rings is 1. The molecule has 0 radical (unpaired) electrons. The summed E-state index contributed by atoms with van der Waals surface area (Å²) in [4.78, 5) is 26.7. The van der Waals surface area contributed by atoms with Gasteiger partial charge in [-0.1, -0.05) is 24.3 Å². The standard InChI is InChI=1S/C16H15NO3/c1-9-4-3-5-10(8-9)17-14(18)12-11-6-7-16(2,20-11)13(12)15(17)19/h3-8,11-13H,1-2H3/t11-,12+,13-,16-/m1/s1. The van der Waals surface area contributed by atoms with Crippen LogP contribution in [-0.4, -0.2) is 23.5 Å². The maximum absolute atomic E-state index is 12.7. The summed E-state index contributed by atoms with van der Waals surface area (Å²) < 4.78 is 5.80. The number of aryl methyl sites for hydroxylation is 1. The van der Waals surface area contributed by atoms with E-state index in [-0.39, 0.29) is 29.8 Å². The molecule has 2 amide bonds. The van der Waals surface area contributed by atoms with Gasteiger partial charge in [0.15, 0.2) is 0 Å². The summed E-state index contributed by atoms with van der Waals surface area (Å²) in [7, 11) is 0. The molecule has 0 spiro atoms. The van der Waals surface area contributed by atoms with E-state index in [0.29, 0.717) is 5.69 Å². The zero-order valence-corrected chi connectivity index (χ0v) is 11.4. The van der Waals surface area contributed by atoms with E-state index in [9.17, 15) is 9.59 Å². The number of fused-ring (bicyclic) bond motifs is 5. The third kappa shape index (κ3) is 1.29. The van der Waals surface area contributed by atoms with Gasteiger partial charge in [0.2, 0.25) is 11.8 Å². The van der Waals surface area contributed by atoms with Crippen molar-refractivity contribution in [3.05, 3.63) is 42.0 Å². The van der Waals surface area contributed by atoms with Crippen LogP contribution in [-0.2, 0) is 14.3 Å². The van der Waals surface area contributed by atoms with Crippen molar-refractivity contribution < 1.29 is 14.3 Å². The van der Waals surface area contributed by atoms with E-state index in [0.717, 1.165) is 5.56 Å². The molecule has 0 saturated carbocycles. The Morgan fingerprint density at radius 3 is 2.75 bits per heavy atom. The third-order valence-corrected chi connectivity index (χ3v) is 4.59. The van der Waals surface area contributed by atoms with Gasteiger partial charge in [-0.15, -0.1) is 0 Å². The van der Waals surface area contributed by atoms with Gasteiger partial charge in [-0.05, 0) is 31.5 Å². The highest BCUT2D eigenvalue weighted by atomic mass is 16.5. The lowest BCUT2D eigenvalue weighted by atomic mass is 9.78. The zero-order chi connectivity index (χ0) is 14.1. The van der Waals surface area contributed by atoms with Gasteiger partial charge in [0, 0.05) is 0 Å². The molecule has 3 heterocycles. The molecule has 0 aliphatic carbocycles. The molecule has 3 aliphatic heterocycles. The Kier molecular flexibility index (Phi) is 2.12. The van der Waals surface area contributed by atoms with Gasteiger partial charge in [-0.3, -0.25) is 9.59 Å². The average molecular weight is 269 g/mol. The fraction of sp³-hybridized carbons (Fsp3) is 0.375. The first-order chi connectivity index (χ1) is 9.51. The second kappa shape index (κ2) is 3.58. The van der Waals surface area contributed by atoms with Crippen molar-refractivity contribution in [2.24, 2.45) is 11.8 Å². The predicted molar refractivity (Wildman–Crippen MR) is 73.1 cm³/mol. The molecule has 1 aromatic carbocycles. The first kappa shape index (κ1) is 11.9. The van der Waals surface area contributed by atoms with Gasteiger partial charge in [-0.2, -0.15) is 0 Å². The largest absolute Gasteiger partial charge is 0.362 e. The monoisotopic (exact) mass is 269 g/mol. The number of carbonyl (C=O) groups excluding carboxylic acids is 2. The molecule has 4 atom stereocenters. The molecule has 0 unspecified atom stereocenters. The number of amides is 2. The quantitative estimate of drug-likeness (QED) is 0.577. The van der Waals surface area contributed by atoms with E-state index in [1.54, 1.807) is 0 Å². The number of carbonyl (C=O) groups is 2. The van der Waals surface area contributed by atoms with Crippen LogP contribution in [0.4, 0.5) is 5.69 Å². The van der Waals surface area contributed by atoms with Crippen molar-refractivity contribution in [3.63, 3.8) is 0 Å². The molecule has 0 aromatic heterocycles. The van der Waals surface area contributed by atoms with E-state index >= 15 is 0 Å². The lowest BCUT2D eigenvalue weighted by molar-refractivity contribution is -0.126. The SMILES string of the molecule is Cc1cccc(N2C(=O)[C@H]3[C@H]4C=C[C@@](C)(O4)[C@H]3C2=O)c1. The second-order valence-corrected chi connectivity index (χ2v) is 5.98. The van der Waals surface area contributed by atoms with Gasteiger partial charge in [0.05, 0.1) is 29.2 Å². The third-order valence-electron chi connectivity index (χ3n) is 4.59. The summed E-state index contributed by atoms with van der Waals surface area (Å²) in [5, 5.41) is 0. The maximum Gasteiger partial charge on any atom is 0.241 e. The van der Waals surface area contributed by atoms with E-state index in [1.807, 2.05) is 50.3 Å². The molecule has 1 aromatic rings. The van der Waals surface area contributed by atoms with Crippen molar-refractivity contribution in [2.45, 2.75) is 25.6 Å².